The van der Waals surface area contributed by atoms with Crippen molar-refractivity contribution in [3.05, 3.63) is 63.0 Å². The monoisotopic (exact) mass is 396 g/mol. The van der Waals surface area contributed by atoms with Crippen LogP contribution in [0.5, 0.6) is 0 Å². The Hall–Kier alpha value is -1.34. The van der Waals surface area contributed by atoms with Crippen LogP contribution in [0.25, 0.3) is 0 Å². The summed E-state index contributed by atoms with van der Waals surface area (Å²) in [7, 11) is 0. The molecule has 0 saturated carbocycles. The van der Waals surface area contributed by atoms with Crippen LogP contribution in [0.1, 0.15) is 11.1 Å². The highest BCUT2D eigenvalue weighted by Gasteiger charge is 2.18. The van der Waals surface area contributed by atoms with Gasteiger partial charge < -0.3 is 5.32 Å². The van der Waals surface area contributed by atoms with E-state index >= 15 is 0 Å². The van der Waals surface area contributed by atoms with Gasteiger partial charge >= 0.3 is 0 Å². The fourth-order valence-corrected chi connectivity index (χ4v) is 2.80. The molecule has 0 spiro atoms. The molecule has 20 heavy (non-hydrogen) atoms. The maximum absolute atomic E-state index is 14.1. The first-order chi connectivity index (χ1) is 9.65. The standard InChI is InChI=1S/C15H10FIN2S/c16-12-4-2-1-3-10(12)15-11-7-9(17)5-6-13(11)19-14(20)8-18-15/h1-7H,8H2,(H,19,20). The lowest BCUT2D eigenvalue weighted by Gasteiger charge is -2.11. The number of rotatable bonds is 1. The molecular weight excluding hydrogens is 386 g/mol. The van der Waals surface area contributed by atoms with Gasteiger partial charge in [-0.1, -0.05) is 24.4 Å². The third-order valence-corrected chi connectivity index (χ3v) is 3.92. The number of thiocarbonyl (C=S) groups is 1. The average Bonchev–Trinajstić information content (AvgIpc) is 2.58. The quantitative estimate of drug-likeness (QED) is 0.582. The van der Waals surface area contributed by atoms with Gasteiger partial charge in [0.05, 0.1) is 12.3 Å². The molecule has 1 aliphatic rings. The highest BCUT2D eigenvalue weighted by Crippen LogP contribution is 2.26. The second-order valence-electron chi connectivity index (χ2n) is 4.38. The van der Waals surface area contributed by atoms with Crippen LogP contribution in [0.15, 0.2) is 47.5 Å². The minimum atomic E-state index is -0.274. The SMILES string of the molecule is Fc1ccccc1C1=NCC(=S)Nc2ccc(I)cc21. The number of nitrogens with one attached hydrogen (secondary N) is 1. The molecule has 2 nitrogen and oxygen atoms in total. The van der Waals surface area contributed by atoms with Gasteiger partial charge in [0.15, 0.2) is 0 Å². The zero-order valence-corrected chi connectivity index (χ0v) is 13.3. The zero-order chi connectivity index (χ0) is 14.1. The smallest absolute Gasteiger partial charge is 0.132 e. The van der Waals surface area contributed by atoms with Crippen LogP contribution in [-0.2, 0) is 0 Å². The maximum Gasteiger partial charge on any atom is 0.132 e. The van der Waals surface area contributed by atoms with E-state index in [1.165, 1.54) is 6.07 Å². The van der Waals surface area contributed by atoms with E-state index in [0.29, 0.717) is 22.8 Å². The number of fused-ring (bicyclic) bond motifs is 1. The lowest BCUT2D eigenvalue weighted by molar-refractivity contribution is 0.625. The molecule has 0 bridgehead atoms. The molecule has 0 aromatic heterocycles. The van der Waals surface area contributed by atoms with Gasteiger partial charge in [0.2, 0.25) is 0 Å². The minimum Gasteiger partial charge on any atom is -0.348 e. The van der Waals surface area contributed by atoms with Gasteiger partial charge in [0.1, 0.15) is 10.8 Å². The van der Waals surface area contributed by atoms with Crippen LogP contribution in [-0.4, -0.2) is 17.2 Å². The van der Waals surface area contributed by atoms with Crippen molar-refractivity contribution in [2.24, 2.45) is 4.99 Å². The molecule has 0 fully saturated rings. The zero-order valence-electron chi connectivity index (χ0n) is 10.4. The summed E-state index contributed by atoms with van der Waals surface area (Å²) in [6.45, 7) is 0.365. The van der Waals surface area contributed by atoms with E-state index in [1.807, 2.05) is 24.3 Å². The van der Waals surface area contributed by atoms with Crippen molar-refractivity contribution < 1.29 is 4.39 Å². The lowest BCUT2D eigenvalue weighted by atomic mass is 10.0. The fraction of sp³-hybridized carbons (Fsp3) is 0.0667. The molecule has 0 saturated heterocycles. The molecule has 0 atom stereocenters. The second-order valence-corrected chi connectivity index (χ2v) is 6.12. The molecule has 0 aliphatic carbocycles. The highest BCUT2D eigenvalue weighted by atomic mass is 127. The molecule has 0 unspecified atom stereocenters. The summed E-state index contributed by atoms with van der Waals surface area (Å²) < 4.78 is 15.1. The number of hydrogen-bond donors (Lipinski definition) is 1. The van der Waals surface area contributed by atoms with E-state index in [2.05, 4.69) is 32.9 Å². The molecule has 1 aliphatic heterocycles. The Labute approximate surface area is 135 Å². The molecule has 1 heterocycles. The Balaban J connectivity index is 2.23. The summed E-state index contributed by atoms with van der Waals surface area (Å²) in [6.07, 6.45) is 0. The van der Waals surface area contributed by atoms with Crippen LogP contribution in [0.2, 0.25) is 0 Å². The molecule has 0 radical (unpaired) electrons. The maximum atomic E-state index is 14.1. The Morgan fingerprint density at radius 2 is 1.95 bits per heavy atom. The van der Waals surface area contributed by atoms with Crippen LogP contribution in [0.3, 0.4) is 0 Å². The summed E-state index contributed by atoms with van der Waals surface area (Å²) in [5, 5.41) is 3.16. The van der Waals surface area contributed by atoms with Crippen molar-refractivity contribution in [2.45, 2.75) is 0 Å². The first-order valence-corrected chi connectivity index (χ1v) is 7.53. The van der Waals surface area contributed by atoms with E-state index in [9.17, 15) is 4.39 Å². The number of aliphatic imine (C=N–C) groups is 1. The predicted octanol–water partition coefficient (Wildman–Crippen LogP) is 4.02. The van der Waals surface area contributed by atoms with Crippen molar-refractivity contribution in [1.29, 1.82) is 0 Å². The first-order valence-electron chi connectivity index (χ1n) is 6.04. The van der Waals surface area contributed by atoms with E-state index < -0.39 is 0 Å². The molecule has 1 N–H and O–H groups in total. The Morgan fingerprint density at radius 1 is 1.15 bits per heavy atom. The Bertz CT molecular complexity index is 728. The van der Waals surface area contributed by atoms with Gasteiger partial charge in [0.25, 0.3) is 0 Å². The Kier molecular flexibility index (Phi) is 3.80. The van der Waals surface area contributed by atoms with E-state index in [-0.39, 0.29) is 5.82 Å². The van der Waals surface area contributed by atoms with E-state index in [4.69, 9.17) is 12.2 Å². The summed E-state index contributed by atoms with van der Waals surface area (Å²) in [5.74, 6) is -0.274. The number of anilines is 1. The summed E-state index contributed by atoms with van der Waals surface area (Å²) in [4.78, 5) is 5.13. The lowest BCUT2D eigenvalue weighted by Crippen LogP contribution is -2.11. The molecule has 100 valence electrons. The van der Waals surface area contributed by atoms with Gasteiger partial charge in [-0.15, -0.1) is 0 Å². The van der Waals surface area contributed by atoms with Crippen molar-refractivity contribution >= 4 is 51.2 Å². The fourth-order valence-electron chi connectivity index (χ4n) is 2.13. The third kappa shape index (κ3) is 2.60. The highest BCUT2D eigenvalue weighted by molar-refractivity contribution is 14.1. The van der Waals surface area contributed by atoms with Gasteiger partial charge in [-0.3, -0.25) is 4.99 Å². The second kappa shape index (κ2) is 5.57. The number of nitrogens with zero attached hydrogens (tertiary/aromatic N) is 1. The molecule has 2 aromatic rings. The van der Waals surface area contributed by atoms with Gasteiger partial charge in [-0.05, 0) is 52.9 Å². The third-order valence-electron chi connectivity index (χ3n) is 3.02. The van der Waals surface area contributed by atoms with Gasteiger partial charge in [-0.2, -0.15) is 0 Å². The summed E-state index contributed by atoms with van der Waals surface area (Å²) in [5.41, 5.74) is 2.89. The Morgan fingerprint density at radius 3 is 2.75 bits per heavy atom. The van der Waals surface area contributed by atoms with Crippen molar-refractivity contribution in [1.82, 2.24) is 0 Å². The molecule has 3 rings (SSSR count). The van der Waals surface area contributed by atoms with Crippen LogP contribution < -0.4 is 5.32 Å². The minimum absolute atomic E-state index is 0.274. The largest absolute Gasteiger partial charge is 0.348 e. The molecular formula is C15H10FIN2S. The number of benzodiazepines with no additional fused rings is 1. The van der Waals surface area contributed by atoms with Gasteiger partial charge in [-0.25, -0.2) is 4.39 Å². The number of benzene rings is 2. The topological polar surface area (TPSA) is 24.4 Å². The number of halogens is 2. The normalized spacial score (nSPS) is 14.1. The van der Waals surface area contributed by atoms with Crippen LogP contribution in [0, 0.1) is 9.39 Å². The summed E-state index contributed by atoms with van der Waals surface area (Å²) >= 11 is 7.46. The van der Waals surface area contributed by atoms with Gasteiger partial charge in [0, 0.05) is 20.4 Å². The van der Waals surface area contributed by atoms with Crippen LogP contribution in [0.4, 0.5) is 10.1 Å². The van der Waals surface area contributed by atoms with E-state index in [0.717, 1.165) is 14.8 Å². The molecule has 2 aromatic carbocycles. The summed E-state index contributed by atoms with van der Waals surface area (Å²) in [6, 6.07) is 12.6. The van der Waals surface area contributed by atoms with Crippen LogP contribution >= 0.6 is 34.8 Å². The molecule has 0 amide bonds. The average molecular weight is 396 g/mol. The number of hydrogen-bond acceptors (Lipinski definition) is 2. The van der Waals surface area contributed by atoms with Crippen molar-refractivity contribution in [3.8, 4) is 0 Å². The van der Waals surface area contributed by atoms with E-state index in [1.54, 1.807) is 12.1 Å². The molecule has 5 heteroatoms. The first kappa shape index (κ1) is 13.6. The predicted molar refractivity (Wildman–Crippen MR) is 92.3 cm³/mol. The van der Waals surface area contributed by atoms with Crippen molar-refractivity contribution in [3.63, 3.8) is 0 Å². The van der Waals surface area contributed by atoms with Crippen molar-refractivity contribution in [2.75, 3.05) is 11.9 Å².